The van der Waals surface area contributed by atoms with Crippen molar-refractivity contribution in [3.63, 3.8) is 0 Å². The Hall–Kier alpha value is -2.15. The Balaban J connectivity index is 1.62. The van der Waals surface area contributed by atoms with E-state index in [1.165, 1.54) is 0 Å². The minimum absolute atomic E-state index is 0.263. The number of hydrogen-bond donors (Lipinski definition) is 3. The molecule has 0 aromatic carbocycles. The topological polar surface area (TPSA) is 99.9 Å². The number of likely N-dealkylation sites (tertiary alicyclic amines) is 1. The molecule has 1 saturated heterocycles. The van der Waals surface area contributed by atoms with Crippen LogP contribution in [-0.4, -0.2) is 51.4 Å². The maximum absolute atomic E-state index is 10.9. The lowest BCUT2D eigenvalue weighted by Crippen LogP contribution is -2.43. The quantitative estimate of drug-likeness (QED) is 0.745. The van der Waals surface area contributed by atoms with E-state index in [4.69, 9.17) is 5.73 Å². The number of primary amides is 1. The molecular formula is C13H18N6O. The number of nitrogens with two attached hydrogens (primary N) is 1. The smallest absolute Gasteiger partial charge is 0.231 e. The number of piperidine rings is 1. The molecule has 2 aromatic heterocycles. The highest BCUT2D eigenvalue weighted by atomic mass is 16.1. The van der Waals surface area contributed by atoms with Crippen LogP contribution in [0.5, 0.6) is 0 Å². The van der Waals surface area contributed by atoms with Gasteiger partial charge in [0.2, 0.25) is 5.91 Å². The normalized spacial score (nSPS) is 17.4. The highest BCUT2D eigenvalue weighted by Crippen LogP contribution is 2.21. The molecule has 0 bridgehead atoms. The number of aromatic amines is 1. The standard InChI is InChI=1S/C13H18N6O/c14-11(20)7-19-5-2-9(3-6-19)18-13-10-1-4-15-12(10)16-8-17-13/h1,4,8-9H,2-3,5-7H2,(H2,14,20)(H2,15,16,17,18). The van der Waals surface area contributed by atoms with E-state index < -0.39 is 0 Å². The number of fused-ring (bicyclic) bond motifs is 1. The number of H-pyrrole nitrogens is 1. The predicted octanol–water partition coefficient (Wildman–Crippen LogP) is 0.320. The zero-order valence-electron chi connectivity index (χ0n) is 11.2. The van der Waals surface area contributed by atoms with E-state index in [0.717, 1.165) is 42.8 Å². The number of rotatable bonds is 4. The van der Waals surface area contributed by atoms with E-state index in [0.29, 0.717) is 12.6 Å². The summed E-state index contributed by atoms with van der Waals surface area (Å²) in [6, 6.07) is 2.34. The zero-order valence-corrected chi connectivity index (χ0v) is 11.2. The summed E-state index contributed by atoms with van der Waals surface area (Å²) < 4.78 is 0. The third kappa shape index (κ3) is 2.72. The van der Waals surface area contributed by atoms with Crippen molar-refractivity contribution in [3.8, 4) is 0 Å². The molecule has 1 amide bonds. The minimum Gasteiger partial charge on any atom is -0.369 e. The lowest BCUT2D eigenvalue weighted by molar-refractivity contribution is -0.119. The maximum atomic E-state index is 10.9. The molecule has 1 aliphatic heterocycles. The summed E-state index contributed by atoms with van der Waals surface area (Å²) in [7, 11) is 0. The van der Waals surface area contributed by atoms with Gasteiger partial charge in [0.25, 0.3) is 0 Å². The Labute approximate surface area is 116 Å². The van der Waals surface area contributed by atoms with Gasteiger partial charge in [-0.1, -0.05) is 0 Å². The highest BCUT2D eigenvalue weighted by Gasteiger charge is 2.20. The van der Waals surface area contributed by atoms with Crippen molar-refractivity contribution in [1.29, 1.82) is 0 Å². The van der Waals surface area contributed by atoms with Crippen LogP contribution in [0.15, 0.2) is 18.6 Å². The fourth-order valence-corrected chi connectivity index (χ4v) is 2.64. The van der Waals surface area contributed by atoms with Gasteiger partial charge in [-0.25, -0.2) is 9.97 Å². The van der Waals surface area contributed by atoms with Gasteiger partial charge in [-0.15, -0.1) is 0 Å². The first-order chi connectivity index (χ1) is 9.72. The van der Waals surface area contributed by atoms with Gasteiger partial charge < -0.3 is 16.0 Å². The SMILES string of the molecule is NC(=O)CN1CCC(Nc2ncnc3[nH]ccc23)CC1. The summed E-state index contributed by atoms with van der Waals surface area (Å²) in [5.41, 5.74) is 6.06. The molecule has 0 spiro atoms. The van der Waals surface area contributed by atoms with Crippen LogP contribution in [0.3, 0.4) is 0 Å². The fraction of sp³-hybridized carbons (Fsp3) is 0.462. The summed E-state index contributed by atoms with van der Waals surface area (Å²) in [5, 5.41) is 4.48. The molecule has 0 atom stereocenters. The predicted molar refractivity (Wildman–Crippen MR) is 76.2 cm³/mol. The summed E-state index contributed by atoms with van der Waals surface area (Å²) in [6.07, 6.45) is 5.37. The van der Waals surface area contributed by atoms with Gasteiger partial charge in [-0.2, -0.15) is 0 Å². The van der Waals surface area contributed by atoms with Gasteiger partial charge in [0, 0.05) is 25.3 Å². The van der Waals surface area contributed by atoms with E-state index >= 15 is 0 Å². The van der Waals surface area contributed by atoms with Crippen LogP contribution in [0.2, 0.25) is 0 Å². The Morgan fingerprint density at radius 2 is 2.25 bits per heavy atom. The number of anilines is 1. The van der Waals surface area contributed by atoms with Crippen molar-refractivity contribution in [2.45, 2.75) is 18.9 Å². The molecule has 7 heteroatoms. The lowest BCUT2D eigenvalue weighted by atomic mass is 10.0. The summed E-state index contributed by atoms with van der Waals surface area (Å²) >= 11 is 0. The molecule has 4 N–H and O–H groups in total. The second-order valence-corrected chi connectivity index (χ2v) is 5.12. The average molecular weight is 274 g/mol. The van der Waals surface area contributed by atoms with Crippen LogP contribution in [0.25, 0.3) is 11.0 Å². The third-order valence-electron chi connectivity index (χ3n) is 3.66. The van der Waals surface area contributed by atoms with E-state index in [9.17, 15) is 4.79 Å². The molecule has 0 unspecified atom stereocenters. The number of nitrogens with zero attached hydrogens (tertiary/aromatic N) is 3. The Kier molecular flexibility index (Phi) is 3.51. The van der Waals surface area contributed by atoms with Crippen LogP contribution in [-0.2, 0) is 4.79 Å². The molecule has 1 fully saturated rings. The summed E-state index contributed by atoms with van der Waals surface area (Å²) in [4.78, 5) is 24.6. The molecule has 106 valence electrons. The van der Waals surface area contributed by atoms with Gasteiger partial charge in [-0.3, -0.25) is 9.69 Å². The highest BCUT2D eigenvalue weighted by molar-refractivity contribution is 5.86. The summed E-state index contributed by atoms with van der Waals surface area (Å²) in [6.45, 7) is 2.10. The first-order valence-corrected chi connectivity index (χ1v) is 6.77. The van der Waals surface area contributed by atoms with Crippen LogP contribution in [0.1, 0.15) is 12.8 Å². The molecule has 0 saturated carbocycles. The van der Waals surface area contributed by atoms with Gasteiger partial charge in [0.15, 0.2) is 0 Å². The number of aromatic nitrogens is 3. The van der Waals surface area contributed by atoms with E-state index in [-0.39, 0.29) is 5.91 Å². The Bertz CT molecular complexity index is 602. The third-order valence-corrected chi connectivity index (χ3v) is 3.66. The molecule has 0 radical (unpaired) electrons. The van der Waals surface area contributed by atoms with Crippen LogP contribution in [0.4, 0.5) is 5.82 Å². The molecule has 0 aliphatic carbocycles. The van der Waals surface area contributed by atoms with Crippen molar-refractivity contribution in [2.75, 3.05) is 25.0 Å². The van der Waals surface area contributed by atoms with Gasteiger partial charge in [0.05, 0.1) is 11.9 Å². The van der Waals surface area contributed by atoms with Crippen molar-refractivity contribution in [2.24, 2.45) is 5.73 Å². The fourth-order valence-electron chi connectivity index (χ4n) is 2.64. The van der Waals surface area contributed by atoms with Crippen molar-refractivity contribution in [1.82, 2.24) is 19.9 Å². The number of carbonyl (C=O) groups excluding carboxylic acids is 1. The second-order valence-electron chi connectivity index (χ2n) is 5.12. The van der Waals surface area contributed by atoms with E-state index in [2.05, 4.69) is 25.2 Å². The molecule has 2 aromatic rings. The summed E-state index contributed by atoms with van der Waals surface area (Å²) in [5.74, 6) is 0.603. The molecular weight excluding hydrogens is 256 g/mol. The minimum atomic E-state index is -0.263. The molecule has 3 heterocycles. The van der Waals surface area contributed by atoms with Crippen molar-refractivity contribution >= 4 is 22.8 Å². The van der Waals surface area contributed by atoms with Crippen molar-refractivity contribution in [3.05, 3.63) is 18.6 Å². The Morgan fingerprint density at radius 1 is 1.45 bits per heavy atom. The van der Waals surface area contributed by atoms with Gasteiger partial charge in [-0.05, 0) is 18.9 Å². The van der Waals surface area contributed by atoms with Crippen LogP contribution in [0, 0.1) is 0 Å². The van der Waals surface area contributed by atoms with E-state index in [1.807, 2.05) is 12.3 Å². The first-order valence-electron chi connectivity index (χ1n) is 6.77. The number of nitrogens with one attached hydrogen (secondary N) is 2. The molecule has 7 nitrogen and oxygen atoms in total. The number of carbonyl (C=O) groups is 1. The van der Waals surface area contributed by atoms with E-state index in [1.54, 1.807) is 6.33 Å². The van der Waals surface area contributed by atoms with Gasteiger partial charge in [0.1, 0.15) is 17.8 Å². The maximum Gasteiger partial charge on any atom is 0.231 e. The second kappa shape index (κ2) is 5.46. The number of hydrogen-bond acceptors (Lipinski definition) is 5. The first kappa shape index (κ1) is 12.9. The number of amides is 1. The average Bonchev–Trinajstić information content (AvgIpc) is 2.90. The molecule has 1 aliphatic rings. The van der Waals surface area contributed by atoms with Crippen LogP contribution >= 0.6 is 0 Å². The molecule has 20 heavy (non-hydrogen) atoms. The van der Waals surface area contributed by atoms with Crippen LogP contribution < -0.4 is 11.1 Å². The van der Waals surface area contributed by atoms with Gasteiger partial charge >= 0.3 is 0 Å². The lowest BCUT2D eigenvalue weighted by Gasteiger charge is -2.31. The van der Waals surface area contributed by atoms with Crippen molar-refractivity contribution < 1.29 is 4.79 Å². The molecule has 3 rings (SSSR count). The monoisotopic (exact) mass is 274 g/mol. The Morgan fingerprint density at radius 3 is 3.00 bits per heavy atom. The largest absolute Gasteiger partial charge is 0.369 e. The zero-order chi connectivity index (χ0) is 13.9.